The molecule has 6 heteroatoms. The first-order chi connectivity index (χ1) is 8.05. The highest BCUT2D eigenvalue weighted by molar-refractivity contribution is 9.10. The van der Waals surface area contributed by atoms with Gasteiger partial charge < -0.3 is 0 Å². The van der Waals surface area contributed by atoms with E-state index in [1.807, 2.05) is 6.07 Å². The van der Waals surface area contributed by atoms with Gasteiger partial charge in [-0.25, -0.2) is 8.42 Å². The van der Waals surface area contributed by atoms with Crippen LogP contribution in [0.15, 0.2) is 33.6 Å². The highest BCUT2D eigenvalue weighted by Crippen LogP contribution is 2.31. The maximum atomic E-state index is 12.3. The lowest BCUT2D eigenvalue weighted by Gasteiger charge is -2.18. The van der Waals surface area contributed by atoms with Crippen LogP contribution in [0.1, 0.15) is 12.8 Å². The van der Waals surface area contributed by atoms with E-state index < -0.39 is 10.0 Å². The Bertz CT molecular complexity index is 544. The van der Waals surface area contributed by atoms with E-state index in [2.05, 4.69) is 15.9 Å². The average molecular weight is 315 g/mol. The Kier molecular flexibility index (Phi) is 3.52. The van der Waals surface area contributed by atoms with Crippen LogP contribution in [-0.4, -0.2) is 25.3 Å². The molecule has 0 amide bonds. The van der Waals surface area contributed by atoms with Gasteiger partial charge in [0.15, 0.2) is 0 Å². The molecule has 0 aromatic heterocycles. The second-order valence-corrected chi connectivity index (χ2v) is 6.70. The lowest BCUT2D eigenvalue weighted by atomic mass is 10.4. The van der Waals surface area contributed by atoms with Crippen LogP contribution in [-0.2, 0) is 10.0 Å². The minimum Gasteiger partial charge on any atom is -0.207 e. The summed E-state index contributed by atoms with van der Waals surface area (Å²) in [7, 11) is -3.53. The summed E-state index contributed by atoms with van der Waals surface area (Å²) in [5.41, 5.74) is 0. The van der Waals surface area contributed by atoms with Gasteiger partial charge in [0.25, 0.3) is 0 Å². The zero-order valence-electron chi connectivity index (χ0n) is 9.01. The molecular formula is C11H11BrN2O2S. The number of nitrogens with zero attached hydrogens (tertiary/aromatic N) is 2. The van der Waals surface area contributed by atoms with Crippen molar-refractivity contribution < 1.29 is 8.42 Å². The SMILES string of the molecule is N#CCN(C1CC1)S(=O)(=O)c1ccc(Br)cc1. The summed E-state index contributed by atoms with van der Waals surface area (Å²) in [6.07, 6.45) is 1.69. The fourth-order valence-corrected chi connectivity index (χ4v) is 3.43. The van der Waals surface area contributed by atoms with Crippen molar-refractivity contribution in [2.24, 2.45) is 0 Å². The van der Waals surface area contributed by atoms with E-state index in [-0.39, 0.29) is 17.5 Å². The summed E-state index contributed by atoms with van der Waals surface area (Å²) in [5, 5.41) is 8.70. The molecule has 0 N–H and O–H groups in total. The summed E-state index contributed by atoms with van der Waals surface area (Å²) in [4.78, 5) is 0.239. The maximum Gasteiger partial charge on any atom is 0.244 e. The van der Waals surface area contributed by atoms with Crippen LogP contribution in [0.3, 0.4) is 0 Å². The zero-order chi connectivity index (χ0) is 12.5. The van der Waals surface area contributed by atoms with E-state index >= 15 is 0 Å². The van der Waals surface area contributed by atoms with E-state index in [4.69, 9.17) is 5.26 Å². The molecule has 0 heterocycles. The Hall–Kier alpha value is -0.900. The van der Waals surface area contributed by atoms with E-state index in [1.165, 1.54) is 4.31 Å². The summed E-state index contributed by atoms with van der Waals surface area (Å²) < 4.78 is 26.7. The number of hydrogen-bond acceptors (Lipinski definition) is 3. The Morgan fingerprint density at radius 2 is 1.94 bits per heavy atom. The van der Waals surface area contributed by atoms with Crippen LogP contribution in [0.4, 0.5) is 0 Å². The van der Waals surface area contributed by atoms with Gasteiger partial charge in [-0.3, -0.25) is 0 Å². The van der Waals surface area contributed by atoms with Crippen LogP contribution in [0.2, 0.25) is 0 Å². The molecule has 0 aliphatic heterocycles. The van der Waals surface area contributed by atoms with Crippen LogP contribution < -0.4 is 0 Å². The molecule has 90 valence electrons. The molecule has 1 fully saturated rings. The molecule has 4 nitrogen and oxygen atoms in total. The van der Waals surface area contributed by atoms with Crippen molar-refractivity contribution in [1.82, 2.24) is 4.31 Å². The van der Waals surface area contributed by atoms with Gasteiger partial charge in [-0.2, -0.15) is 9.57 Å². The van der Waals surface area contributed by atoms with E-state index in [0.717, 1.165) is 17.3 Å². The van der Waals surface area contributed by atoms with E-state index in [9.17, 15) is 8.42 Å². The predicted molar refractivity (Wildman–Crippen MR) is 66.7 cm³/mol. The highest BCUT2D eigenvalue weighted by Gasteiger charge is 2.37. The van der Waals surface area contributed by atoms with Gasteiger partial charge in [0.2, 0.25) is 10.0 Å². The standard InChI is InChI=1S/C11H11BrN2O2S/c12-9-1-5-11(6-2-9)17(15,16)14(8-7-13)10-3-4-10/h1-2,5-6,10H,3-4,8H2. The maximum absolute atomic E-state index is 12.3. The van der Waals surface area contributed by atoms with E-state index in [0.29, 0.717) is 0 Å². The van der Waals surface area contributed by atoms with Gasteiger partial charge in [0.1, 0.15) is 6.54 Å². The molecule has 1 aliphatic carbocycles. The second kappa shape index (κ2) is 4.77. The van der Waals surface area contributed by atoms with Gasteiger partial charge in [-0.1, -0.05) is 15.9 Å². The summed E-state index contributed by atoms with van der Waals surface area (Å²) in [5.74, 6) is 0. The molecule has 0 atom stereocenters. The number of rotatable bonds is 4. The summed E-state index contributed by atoms with van der Waals surface area (Å²) >= 11 is 3.26. The third-order valence-corrected chi connectivity index (χ3v) is 5.04. The molecule has 1 saturated carbocycles. The summed E-state index contributed by atoms with van der Waals surface area (Å²) in [6, 6.07) is 8.38. The van der Waals surface area contributed by atoms with Crippen molar-refractivity contribution in [3.8, 4) is 6.07 Å². The number of benzene rings is 1. The molecule has 2 rings (SSSR count). The Morgan fingerprint density at radius 1 is 1.35 bits per heavy atom. The molecular weight excluding hydrogens is 304 g/mol. The second-order valence-electron chi connectivity index (χ2n) is 3.89. The van der Waals surface area contributed by atoms with Crippen molar-refractivity contribution in [3.05, 3.63) is 28.7 Å². The van der Waals surface area contributed by atoms with Crippen LogP contribution in [0.5, 0.6) is 0 Å². The molecule has 1 aliphatic rings. The van der Waals surface area contributed by atoms with Crippen molar-refractivity contribution in [3.63, 3.8) is 0 Å². The average Bonchev–Trinajstić information content (AvgIpc) is 3.10. The number of sulfonamides is 1. The zero-order valence-corrected chi connectivity index (χ0v) is 11.4. The largest absolute Gasteiger partial charge is 0.244 e. The molecule has 0 spiro atoms. The highest BCUT2D eigenvalue weighted by atomic mass is 79.9. The number of halogens is 1. The lowest BCUT2D eigenvalue weighted by molar-refractivity contribution is 0.439. The van der Waals surface area contributed by atoms with Gasteiger partial charge in [0, 0.05) is 10.5 Å². The van der Waals surface area contributed by atoms with Crippen molar-refractivity contribution in [1.29, 1.82) is 5.26 Å². The first-order valence-electron chi connectivity index (χ1n) is 5.20. The monoisotopic (exact) mass is 314 g/mol. The van der Waals surface area contributed by atoms with Crippen LogP contribution in [0, 0.1) is 11.3 Å². The lowest BCUT2D eigenvalue weighted by Crippen LogP contribution is -2.33. The Balaban J connectivity index is 2.34. The fraction of sp³-hybridized carbons (Fsp3) is 0.364. The Labute approximate surface area is 109 Å². The molecule has 0 unspecified atom stereocenters. The normalized spacial score (nSPS) is 15.8. The van der Waals surface area contributed by atoms with E-state index in [1.54, 1.807) is 24.3 Å². The van der Waals surface area contributed by atoms with Gasteiger partial charge in [-0.15, -0.1) is 0 Å². The Morgan fingerprint density at radius 3 is 2.41 bits per heavy atom. The van der Waals surface area contributed by atoms with Crippen molar-refractivity contribution in [2.75, 3.05) is 6.54 Å². The van der Waals surface area contributed by atoms with Crippen molar-refractivity contribution >= 4 is 26.0 Å². The quantitative estimate of drug-likeness (QED) is 0.800. The minimum absolute atomic E-state index is 0.00305. The molecule has 0 bridgehead atoms. The van der Waals surface area contributed by atoms with Crippen LogP contribution >= 0.6 is 15.9 Å². The predicted octanol–water partition coefficient (Wildman–Crippen LogP) is 2.13. The number of nitriles is 1. The topological polar surface area (TPSA) is 61.2 Å². The van der Waals surface area contributed by atoms with Crippen LogP contribution in [0.25, 0.3) is 0 Å². The van der Waals surface area contributed by atoms with Gasteiger partial charge >= 0.3 is 0 Å². The molecule has 1 aromatic rings. The van der Waals surface area contributed by atoms with Gasteiger partial charge in [-0.05, 0) is 37.1 Å². The molecule has 1 aromatic carbocycles. The first-order valence-corrected chi connectivity index (χ1v) is 7.43. The third-order valence-electron chi connectivity index (χ3n) is 2.60. The van der Waals surface area contributed by atoms with Gasteiger partial charge in [0.05, 0.1) is 11.0 Å². The minimum atomic E-state index is -3.53. The van der Waals surface area contributed by atoms with Crippen molar-refractivity contribution in [2.45, 2.75) is 23.8 Å². The fourth-order valence-electron chi connectivity index (χ4n) is 1.58. The number of hydrogen-bond donors (Lipinski definition) is 0. The first kappa shape index (κ1) is 12.6. The summed E-state index contributed by atoms with van der Waals surface area (Å²) in [6.45, 7) is -0.0803. The molecule has 0 radical (unpaired) electrons. The molecule has 17 heavy (non-hydrogen) atoms. The smallest absolute Gasteiger partial charge is 0.207 e. The molecule has 0 saturated heterocycles. The third kappa shape index (κ3) is 2.68.